The van der Waals surface area contributed by atoms with Gasteiger partial charge in [-0.2, -0.15) is 0 Å². The van der Waals surface area contributed by atoms with Crippen LogP contribution in [-0.2, 0) is 4.79 Å². The van der Waals surface area contributed by atoms with Crippen molar-refractivity contribution in [2.75, 3.05) is 13.1 Å². The fourth-order valence-corrected chi connectivity index (χ4v) is 0.905. The van der Waals surface area contributed by atoms with Crippen molar-refractivity contribution in [3.63, 3.8) is 0 Å². The van der Waals surface area contributed by atoms with Crippen molar-refractivity contribution in [3.05, 3.63) is 5.57 Å². The fraction of sp³-hybridized carbons (Fsp3) is 0.500. The Balaban J connectivity index is 2.59. The highest BCUT2D eigenvalue weighted by molar-refractivity contribution is 5.68. The molecule has 1 rings (SSSR count). The minimum Gasteiger partial charge on any atom is -0.465 e. The molecule has 54 valence electrons. The van der Waals surface area contributed by atoms with Crippen LogP contribution in [-0.4, -0.2) is 35.1 Å². The second-order valence-corrected chi connectivity index (χ2v) is 2.16. The largest absolute Gasteiger partial charge is 0.465 e. The van der Waals surface area contributed by atoms with E-state index in [2.05, 4.69) is 0 Å². The van der Waals surface area contributed by atoms with Gasteiger partial charge in [-0.15, -0.1) is 0 Å². The normalized spacial score (nSPS) is 17.2. The Morgan fingerprint density at radius 2 is 2.40 bits per heavy atom. The van der Waals surface area contributed by atoms with Crippen LogP contribution in [0.1, 0.15) is 6.42 Å². The fourth-order valence-electron chi connectivity index (χ4n) is 0.905. The molecule has 0 bridgehead atoms. The summed E-state index contributed by atoms with van der Waals surface area (Å²) in [6, 6.07) is 0. The molecule has 0 aromatic heterocycles. The molecule has 1 amide bonds. The highest BCUT2D eigenvalue weighted by Crippen LogP contribution is 2.11. The molecule has 1 fully saturated rings. The van der Waals surface area contributed by atoms with Crippen LogP contribution in [0, 0.1) is 0 Å². The molecule has 0 unspecified atom stereocenters. The Morgan fingerprint density at radius 1 is 1.70 bits per heavy atom. The van der Waals surface area contributed by atoms with E-state index in [1.165, 1.54) is 4.90 Å². The van der Waals surface area contributed by atoms with Crippen LogP contribution < -0.4 is 0 Å². The number of carbonyl (C=O) groups excluding carboxylic acids is 1. The maximum atomic E-state index is 10.2. The summed E-state index contributed by atoms with van der Waals surface area (Å²) in [7, 11) is 0. The van der Waals surface area contributed by atoms with Gasteiger partial charge in [-0.3, -0.25) is 0 Å². The quantitative estimate of drug-likeness (QED) is 0.488. The third-order valence-corrected chi connectivity index (χ3v) is 1.48. The molecule has 0 spiro atoms. The van der Waals surface area contributed by atoms with Gasteiger partial charge >= 0.3 is 6.09 Å². The molecule has 0 saturated carbocycles. The van der Waals surface area contributed by atoms with Crippen molar-refractivity contribution < 1.29 is 14.7 Å². The molecule has 0 radical (unpaired) electrons. The minimum absolute atomic E-state index is 0.235. The summed E-state index contributed by atoms with van der Waals surface area (Å²) >= 11 is 0. The number of hydrogen-bond donors (Lipinski definition) is 1. The lowest BCUT2D eigenvalue weighted by Crippen LogP contribution is -2.25. The molecule has 0 atom stereocenters. The minimum atomic E-state index is -0.967. The van der Waals surface area contributed by atoms with Crippen molar-refractivity contribution in [3.8, 4) is 0 Å². The van der Waals surface area contributed by atoms with E-state index in [1.807, 2.05) is 0 Å². The third kappa shape index (κ3) is 1.17. The number of carbonyl (C=O) groups is 1. The monoisotopic (exact) mass is 141 g/mol. The Kier molecular flexibility index (Phi) is 1.73. The molecule has 10 heavy (non-hydrogen) atoms. The first kappa shape index (κ1) is 6.83. The lowest BCUT2D eigenvalue weighted by atomic mass is 10.3. The van der Waals surface area contributed by atoms with Gasteiger partial charge in [-0.1, -0.05) is 0 Å². The van der Waals surface area contributed by atoms with Crippen LogP contribution in [0.2, 0.25) is 0 Å². The zero-order valence-electron chi connectivity index (χ0n) is 5.33. The molecule has 0 aromatic rings. The van der Waals surface area contributed by atoms with Gasteiger partial charge in [0.25, 0.3) is 0 Å². The van der Waals surface area contributed by atoms with Gasteiger partial charge in [0, 0.05) is 12.1 Å². The van der Waals surface area contributed by atoms with Gasteiger partial charge in [-0.05, 0) is 6.42 Å². The second-order valence-electron chi connectivity index (χ2n) is 2.16. The number of likely N-dealkylation sites (tertiary alicyclic amines) is 1. The maximum absolute atomic E-state index is 10.2. The summed E-state index contributed by atoms with van der Waals surface area (Å²) in [5.74, 6) is 1.71. The Morgan fingerprint density at radius 3 is 2.70 bits per heavy atom. The first-order valence-electron chi connectivity index (χ1n) is 2.95. The standard InChI is InChI=1S/C6H7NO3/c8-4-5-1-2-7(3-5)6(9)10/h1-3H2,(H,9,10). The predicted molar refractivity (Wildman–Crippen MR) is 33.4 cm³/mol. The predicted octanol–water partition coefficient (Wildman–Crippen LogP) is 0.128. The van der Waals surface area contributed by atoms with Gasteiger partial charge in [0.2, 0.25) is 0 Å². The Labute approximate surface area is 57.7 Å². The third-order valence-electron chi connectivity index (χ3n) is 1.48. The number of carboxylic acid groups (broad SMARTS) is 1. The lowest BCUT2D eigenvalue weighted by molar-refractivity contribution is 0.156. The Bertz CT molecular complexity index is 205. The summed E-state index contributed by atoms with van der Waals surface area (Å²) in [6.07, 6.45) is -0.430. The van der Waals surface area contributed by atoms with Crippen molar-refractivity contribution in [1.29, 1.82) is 0 Å². The van der Waals surface area contributed by atoms with E-state index in [0.717, 1.165) is 0 Å². The first-order valence-corrected chi connectivity index (χ1v) is 2.95. The number of rotatable bonds is 0. The average Bonchev–Trinajstić information content (AvgIpc) is 2.34. The van der Waals surface area contributed by atoms with Gasteiger partial charge in [0.1, 0.15) is 5.94 Å². The van der Waals surface area contributed by atoms with Crippen LogP contribution in [0.4, 0.5) is 4.79 Å². The number of nitrogens with zero attached hydrogens (tertiary/aromatic N) is 1. The molecule has 1 aliphatic heterocycles. The summed E-state index contributed by atoms with van der Waals surface area (Å²) in [6.45, 7) is 0.665. The van der Waals surface area contributed by atoms with Crippen molar-refractivity contribution >= 4 is 12.0 Å². The molecule has 4 nitrogen and oxygen atoms in total. The molecule has 1 aliphatic rings. The van der Waals surface area contributed by atoms with E-state index < -0.39 is 6.09 Å². The van der Waals surface area contributed by atoms with Crippen LogP contribution in [0.15, 0.2) is 5.57 Å². The molecule has 1 saturated heterocycles. The van der Waals surface area contributed by atoms with Crippen LogP contribution in [0.25, 0.3) is 0 Å². The van der Waals surface area contributed by atoms with Gasteiger partial charge < -0.3 is 10.0 Å². The lowest BCUT2D eigenvalue weighted by Gasteiger charge is -2.07. The molecule has 0 aromatic carbocycles. The van der Waals surface area contributed by atoms with Crippen LogP contribution in [0.3, 0.4) is 0 Å². The van der Waals surface area contributed by atoms with E-state index >= 15 is 0 Å². The first-order chi connectivity index (χ1) is 4.74. The summed E-state index contributed by atoms with van der Waals surface area (Å²) in [4.78, 5) is 21.4. The van der Waals surface area contributed by atoms with E-state index in [4.69, 9.17) is 5.11 Å². The highest BCUT2D eigenvalue weighted by atomic mass is 16.4. The molecular formula is C6H7NO3. The summed E-state index contributed by atoms with van der Waals surface area (Å²) in [5.41, 5.74) is 0.544. The topological polar surface area (TPSA) is 57.6 Å². The number of amides is 1. The average molecular weight is 141 g/mol. The van der Waals surface area contributed by atoms with E-state index in [0.29, 0.717) is 18.5 Å². The molecule has 4 heteroatoms. The van der Waals surface area contributed by atoms with Gasteiger partial charge in [0.15, 0.2) is 0 Å². The Hall–Kier alpha value is -1.28. The zero-order chi connectivity index (χ0) is 7.56. The van der Waals surface area contributed by atoms with Crippen molar-refractivity contribution in [1.82, 2.24) is 4.90 Å². The van der Waals surface area contributed by atoms with Crippen LogP contribution in [0.5, 0.6) is 0 Å². The molecule has 0 aliphatic carbocycles. The molecule has 1 heterocycles. The SMILES string of the molecule is O=C=C1CCN(C(=O)O)C1. The summed E-state index contributed by atoms with van der Waals surface area (Å²) in [5, 5.41) is 8.41. The second kappa shape index (κ2) is 2.54. The van der Waals surface area contributed by atoms with Crippen molar-refractivity contribution in [2.24, 2.45) is 0 Å². The number of hydrogen-bond acceptors (Lipinski definition) is 2. The van der Waals surface area contributed by atoms with Gasteiger partial charge in [0.05, 0.1) is 6.54 Å². The van der Waals surface area contributed by atoms with Gasteiger partial charge in [-0.25, -0.2) is 9.59 Å². The van der Waals surface area contributed by atoms with E-state index in [-0.39, 0.29) is 6.54 Å². The maximum Gasteiger partial charge on any atom is 0.407 e. The van der Waals surface area contributed by atoms with E-state index in [1.54, 1.807) is 5.94 Å². The smallest absolute Gasteiger partial charge is 0.407 e. The van der Waals surface area contributed by atoms with Crippen molar-refractivity contribution in [2.45, 2.75) is 6.42 Å². The summed E-state index contributed by atoms with van der Waals surface area (Å²) < 4.78 is 0. The molecule has 1 N–H and O–H groups in total. The zero-order valence-corrected chi connectivity index (χ0v) is 5.33. The van der Waals surface area contributed by atoms with E-state index in [9.17, 15) is 9.59 Å². The molecular weight excluding hydrogens is 134 g/mol. The highest BCUT2D eigenvalue weighted by Gasteiger charge is 2.20. The van der Waals surface area contributed by atoms with Crippen LogP contribution >= 0.6 is 0 Å².